The summed E-state index contributed by atoms with van der Waals surface area (Å²) in [4.78, 5) is 3.44. The monoisotopic (exact) mass is 346 g/mol. The lowest BCUT2D eigenvalue weighted by Gasteiger charge is -2.20. The maximum absolute atomic E-state index is 5.78. The Kier molecular flexibility index (Phi) is 8.32. The standard InChI is InChI=1S/C19H22O2S2/c1-3-20-19(21-4-2)18(23-17-13-9-6-10-14-17)15-22-16-11-7-5-8-12-16/h5-15,19H,3-4H2,1-2H3/b18-15-. The van der Waals surface area contributed by atoms with Gasteiger partial charge in [0.1, 0.15) is 0 Å². The molecule has 0 aliphatic carbocycles. The Balaban J connectivity index is 2.18. The molecule has 4 heteroatoms. The van der Waals surface area contributed by atoms with Gasteiger partial charge in [0.15, 0.2) is 6.29 Å². The van der Waals surface area contributed by atoms with Crippen molar-refractivity contribution in [3.05, 3.63) is 71.0 Å². The first-order valence-corrected chi connectivity index (χ1v) is 9.41. The lowest BCUT2D eigenvalue weighted by atomic mass is 10.4. The molecule has 0 bridgehead atoms. The predicted octanol–water partition coefficient (Wildman–Crippen LogP) is 5.81. The van der Waals surface area contributed by atoms with Gasteiger partial charge in [0.05, 0.1) is 4.91 Å². The average molecular weight is 347 g/mol. The Bertz CT molecular complexity index is 579. The van der Waals surface area contributed by atoms with Gasteiger partial charge in [-0.25, -0.2) is 0 Å². The van der Waals surface area contributed by atoms with Crippen LogP contribution in [0.5, 0.6) is 0 Å². The molecule has 0 heterocycles. The predicted molar refractivity (Wildman–Crippen MR) is 99.7 cm³/mol. The minimum atomic E-state index is -0.327. The van der Waals surface area contributed by atoms with Gasteiger partial charge in [-0.15, -0.1) is 0 Å². The zero-order chi connectivity index (χ0) is 16.3. The quantitative estimate of drug-likeness (QED) is 0.421. The molecule has 23 heavy (non-hydrogen) atoms. The molecule has 0 unspecified atom stereocenters. The highest BCUT2D eigenvalue weighted by Gasteiger charge is 2.16. The molecular formula is C19H22O2S2. The van der Waals surface area contributed by atoms with Crippen LogP contribution in [0.4, 0.5) is 0 Å². The summed E-state index contributed by atoms with van der Waals surface area (Å²) in [6, 6.07) is 20.6. The van der Waals surface area contributed by atoms with Crippen LogP contribution >= 0.6 is 23.5 Å². The summed E-state index contributed by atoms with van der Waals surface area (Å²) >= 11 is 3.37. The van der Waals surface area contributed by atoms with Gasteiger partial charge < -0.3 is 9.47 Å². The van der Waals surface area contributed by atoms with Crippen LogP contribution in [-0.4, -0.2) is 19.5 Å². The van der Waals surface area contributed by atoms with Crippen LogP contribution in [0.15, 0.2) is 80.8 Å². The van der Waals surface area contributed by atoms with E-state index in [1.807, 2.05) is 50.2 Å². The van der Waals surface area contributed by atoms with Crippen molar-refractivity contribution in [1.29, 1.82) is 0 Å². The second-order valence-electron chi connectivity index (χ2n) is 4.61. The molecule has 2 nitrogen and oxygen atoms in total. The Labute approximate surface area is 147 Å². The first kappa shape index (κ1) is 18.1. The smallest absolute Gasteiger partial charge is 0.190 e. The second kappa shape index (κ2) is 10.6. The fraction of sp³-hybridized carbons (Fsp3) is 0.263. The minimum absolute atomic E-state index is 0.327. The van der Waals surface area contributed by atoms with Crippen molar-refractivity contribution in [3.8, 4) is 0 Å². The van der Waals surface area contributed by atoms with E-state index in [1.165, 1.54) is 9.79 Å². The lowest BCUT2D eigenvalue weighted by molar-refractivity contribution is -0.106. The summed E-state index contributed by atoms with van der Waals surface area (Å²) in [6.07, 6.45) is -0.327. The minimum Gasteiger partial charge on any atom is -0.348 e. The SMILES string of the molecule is CCOC(OCC)/C(=C/Sc1ccccc1)Sc1ccccc1. The van der Waals surface area contributed by atoms with Gasteiger partial charge in [-0.3, -0.25) is 0 Å². The first-order valence-electron chi connectivity index (χ1n) is 7.71. The van der Waals surface area contributed by atoms with E-state index in [0.717, 1.165) is 4.91 Å². The summed E-state index contributed by atoms with van der Waals surface area (Å²) in [5.41, 5.74) is 0. The van der Waals surface area contributed by atoms with Crippen molar-refractivity contribution >= 4 is 23.5 Å². The normalized spacial score (nSPS) is 11.9. The molecular weight excluding hydrogens is 324 g/mol. The van der Waals surface area contributed by atoms with Crippen LogP contribution in [0.1, 0.15) is 13.8 Å². The third-order valence-electron chi connectivity index (χ3n) is 2.90. The van der Waals surface area contributed by atoms with Crippen LogP contribution in [-0.2, 0) is 9.47 Å². The highest BCUT2D eigenvalue weighted by molar-refractivity contribution is 8.06. The summed E-state index contributed by atoms with van der Waals surface area (Å²) in [5, 5.41) is 2.13. The molecule has 0 saturated heterocycles. The fourth-order valence-electron chi connectivity index (χ4n) is 1.89. The molecule has 0 amide bonds. The molecule has 0 saturated carbocycles. The van der Waals surface area contributed by atoms with E-state index in [1.54, 1.807) is 23.5 Å². The zero-order valence-corrected chi connectivity index (χ0v) is 15.1. The summed E-state index contributed by atoms with van der Waals surface area (Å²) in [7, 11) is 0. The van der Waals surface area contributed by atoms with Crippen LogP contribution in [0.25, 0.3) is 0 Å². The third-order valence-corrected chi connectivity index (χ3v) is 5.02. The Morgan fingerprint density at radius 1 is 0.870 bits per heavy atom. The number of ether oxygens (including phenoxy) is 2. The molecule has 0 radical (unpaired) electrons. The number of rotatable bonds is 9. The molecule has 0 atom stereocenters. The molecule has 0 N–H and O–H groups in total. The van der Waals surface area contributed by atoms with Crippen LogP contribution in [0.2, 0.25) is 0 Å². The molecule has 0 aromatic heterocycles. The van der Waals surface area contributed by atoms with E-state index >= 15 is 0 Å². The summed E-state index contributed by atoms with van der Waals surface area (Å²) in [6.45, 7) is 5.21. The second-order valence-corrected chi connectivity index (χ2v) is 6.70. The van der Waals surface area contributed by atoms with E-state index in [2.05, 4.69) is 29.7 Å². The molecule has 122 valence electrons. The van der Waals surface area contributed by atoms with Gasteiger partial charge in [0, 0.05) is 23.0 Å². The summed E-state index contributed by atoms with van der Waals surface area (Å²) < 4.78 is 11.6. The molecule has 0 aliphatic rings. The first-order chi connectivity index (χ1) is 11.3. The van der Waals surface area contributed by atoms with Crippen LogP contribution in [0, 0.1) is 0 Å². The molecule has 0 aliphatic heterocycles. The Morgan fingerprint density at radius 3 is 1.91 bits per heavy atom. The van der Waals surface area contributed by atoms with Crippen molar-refractivity contribution in [1.82, 2.24) is 0 Å². The van der Waals surface area contributed by atoms with E-state index in [9.17, 15) is 0 Å². The number of hydrogen-bond donors (Lipinski definition) is 0. The third kappa shape index (κ3) is 6.43. The largest absolute Gasteiger partial charge is 0.348 e. The van der Waals surface area contributed by atoms with Gasteiger partial charge >= 0.3 is 0 Å². The zero-order valence-electron chi connectivity index (χ0n) is 13.5. The van der Waals surface area contributed by atoms with E-state index in [-0.39, 0.29) is 6.29 Å². The van der Waals surface area contributed by atoms with E-state index in [0.29, 0.717) is 13.2 Å². The highest BCUT2D eigenvalue weighted by Crippen LogP contribution is 2.34. The highest BCUT2D eigenvalue weighted by atomic mass is 32.2. The molecule has 0 spiro atoms. The van der Waals surface area contributed by atoms with Gasteiger partial charge in [-0.2, -0.15) is 0 Å². The maximum atomic E-state index is 5.78. The molecule has 0 fully saturated rings. The van der Waals surface area contributed by atoms with Crippen LogP contribution in [0.3, 0.4) is 0 Å². The van der Waals surface area contributed by atoms with Crippen LogP contribution < -0.4 is 0 Å². The van der Waals surface area contributed by atoms with Crippen molar-refractivity contribution in [2.24, 2.45) is 0 Å². The Morgan fingerprint density at radius 2 is 1.39 bits per heavy atom. The van der Waals surface area contributed by atoms with Gasteiger partial charge in [0.25, 0.3) is 0 Å². The van der Waals surface area contributed by atoms with Crippen molar-refractivity contribution in [2.45, 2.75) is 29.9 Å². The van der Waals surface area contributed by atoms with Gasteiger partial charge in [0.2, 0.25) is 0 Å². The van der Waals surface area contributed by atoms with E-state index < -0.39 is 0 Å². The number of thioether (sulfide) groups is 2. The van der Waals surface area contributed by atoms with Crippen molar-refractivity contribution in [2.75, 3.05) is 13.2 Å². The Hall–Kier alpha value is -1.20. The lowest BCUT2D eigenvalue weighted by Crippen LogP contribution is -2.18. The van der Waals surface area contributed by atoms with Crippen molar-refractivity contribution in [3.63, 3.8) is 0 Å². The van der Waals surface area contributed by atoms with Gasteiger partial charge in [-0.1, -0.05) is 59.9 Å². The number of benzene rings is 2. The summed E-state index contributed by atoms with van der Waals surface area (Å²) in [5.74, 6) is 0. The average Bonchev–Trinajstić information content (AvgIpc) is 2.60. The molecule has 2 rings (SSSR count). The van der Waals surface area contributed by atoms with E-state index in [4.69, 9.17) is 9.47 Å². The number of hydrogen-bond acceptors (Lipinski definition) is 4. The molecule has 2 aromatic rings. The van der Waals surface area contributed by atoms with Gasteiger partial charge in [-0.05, 0) is 43.5 Å². The van der Waals surface area contributed by atoms with Crippen molar-refractivity contribution < 1.29 is 9.47 Å². The molecule has 2 aromatic carbocycles. The maximum Gasteiger partial charge on any atom is 0.190 e. The fourth-order valence-corrected chi connectivity index (χ4v) is 3.70. The topological polar surface area (TPSA) is 18.5 Å².